The molecule has 4 nitrogen and oxygen atoms in total. The van der Waals surface area contributed by atoms with Crippen LogP contribution in [0.2, 0.25) is 0 Å². The number of fused-ring (bicyclic) bond motifs is 1. The molecule has 1 saturated carbocycles. The van der Waals surface area contributed by atoms with Gasteiger partial charge in [0.2, 0.25) is 0 Å². The molecule has 1 aliphatic carbocycles. The monoisotopic (exact) mass is 263 g/mol. The van der Waals surface area contributed by atoms with Gasteiger partial charge in [-0.1, -0.05) is 6.07 Å². The summed E-state index contributed by atoms with van der Waals surface area (Å²) in [7, 11) is 0. The number of hydrogen-bond acceptors (Lipinski definition) is 4. The molecule has 1 N–H and O–H groups in total. The fraction of sp³-hybridized carbons (Fsp3) is 0.385. The zero-order valence-corrected chi connectivity index (χ0v) is 10.7. The van der Waals surface area contributed by atoms with Gasteiger partial charge in [-0.15, -0.1) is 11.3 Å². The highest BCUT2D eigenvalue weighted by Gasteiger charge is 2.48. The highest BCUT2D eigenvalue weighted by atomic mass is 32.1. The largest absolute Gasteiger partial charge is 0.488 e. The van der Waals surface area contributed by atoms with Crippen LogP contribution in [0.1, 0.15) is 19.8 Å². The van der Waals surface area contributed by atoms with Crippen LogP contribution in [0.4, 0.5) is 0 Å². The summed E-state index contributed by atoms with van der Waals surface area (Å²) in [6.07, 6.45) is 1.10. The molecule has 0 unspecified atom stereocenters. The minimum atomic E-state index is -0.741. The van der Waals surface area contributed by atoms with E-state index in [-0.39, 0.29) is 6.10 Å². The lowest BCUT2D eigenvalue weighted by Gasteiger charge is -2.41. The Morgan fingerprint density at radius 1 is 1.56 bits per heavy atom. The zero-order chi connectivity index (χ0) is 12.8. The van der Waals surface area contributed by atoms with Gasteiger partial charge in [-0.05, 0) is 19.1 Å². The van der Waals surface area contributed by atoms with Crippen molar-refractivity contribution in [2.45, 2.75) is 25.9 Å². The predicted octanol–water partition coefficient (Wildman–Crippen LogP) is 2.93. The van der Waals surface area contributed by atoms with Gasteiger partial charge < -0.3 is 9.84 Å². The van der Waals surface area contributed by atoms with Crippen molar-refractivity contribution in [1.29, 1.82) is 0 Å². The van der Waals surface area contributed by atoms with Gasteiger partial charge in [0.1, 0.15) is 17.4 Å². The first-order valence-electron chi connectivity index (χ1n) is 5.81. The molecule has 5 heteroatoms. The quantitative estimate of drug-likeness (QED) is 0.925. The van der Waals surface area contributed by atoms with Crippen LogP contribution in [-0.4, -0.2) is 22.2 Å². The predicted molar refractivity (Wildman–Crippen MR) is 69.0 cm³/mol. The Kier molecular flexibility index (Phi) is 2.52. The molecule has 0 saturated heterocycles. The van der Waals surface area contributed by atoms with E-state index < -0.39 is 11.4 Å². The number of aliphatic carboxylic acids is 1. The maximum Gasteiger partial charge on any atom is 0.309 e. The van der Waals surface area contributed by atoms with E-state index in [0.29, 0.717) is 12.8 Å². The summed E-state index contributed by atoms with van der Waals surface area (Å²) >= 11 is 1.57. The van der Waals surface area contributed by atoms with Crippen molar-refractivity contribution in [2.75, 3.05) is 0 Å². The third-order valence-corrected chi connectivity index (χ3v) is 4.28. The number of rotatable bonds is 3. The number of hydrogen-bond donors (Lipinski definition) is 1. The molecule has 0 aliphatic heterocycles. The van der Waals surface area contributed by atoms with Crippen molar-refractivity contribution in [3.63, 3.8) is 0 Å². The molecule has 0 bridgehead atoms. The Bertz CT molecular complexity index is 601. The first-order chi connectivity index (χ1) is 8.58. The average molecular weight is 263 g/mol. The molecular formula is C13H13NO3S. The average Bonchev–Trinajstić information content (AvgIpc) is 2.75. The molecule has 1 heterocycles. The lowest BCUT2D eigenvalue weighted by atomic mass is 9.68. The van der Waals surface area contributed by atoms with Gasteiger partial charge in [-0.3, -0.25) is 4.79 Å². The number of carboxylic acids is 1. The number of thiazole rings is 1. The third-order valence-electron chi connectivity index (χ3n) is 3.49. The van der Waals surface area contributed by atoms with Crippen molar-refractivity contribution in [2.24, 2.45) is 5.41 Å². The second-order valence-electron chi connectivity index (χ2n) is 4.97. The number of aromatic nitrogens is 1. The normalized spacial score (nSPS) is 26.8. The van der Waals surface area contributed by atoms with E-state index in [1.54, 1.807) is 23.8 Å². The summed E-state index contributed by atoms with van der Waals surface area (Å²) in [5.41, 5.74) is 2.03. The van der Waals surface area contributed by atoms with Crippen LogP contribution < -0.4 is 4.74 Å². The molecule has 1 aliphatic rings. The van der Waals surface area contributed by atoms with Crippen molar-refractivity contribution in [1.82, 2.24) is 4.98 Å². The summed E-state index contributed by atoms with van der Waals surface area (Å²) in [6.45, 7) is 1.76. The Morgan fingerprint density at radius 2 is 2.33 bits per heavy atom. The maximum atomic E-state index is 11.0. The molecule has 18 heavy (non-hydrogen) atoms. The van der Waals surface area contributed by atoms with Gasteiger partial charge in [0.15, 0.2) is 0 Å². The molecule has 1 aromatic carbocycles. The summed E-state index contributed by atoms with van der Waals surface area (Å²) in [5.74, 6) is 0.0143. The van der Waals surface area contributed by atoms with Gasteiger partial charge in [-0.25, -0.2) is 4.98 Å². The lowest BCUT2D eigenvalue weighted by molar-refractivity contribution is -0.159. The van der Waals surface area contributed by atoms with Crippen molar-refractivity contribution in [3.05, 3.63) is 23.7 Å². The van der Waals surface area contributed by atoms with Gasteiger partial charge in [-0.2, -0.15) is 0 Å². The van der Waals surface area contributed by atoms with Crippen LogP contribution in [-0.2, 0) is 4.79 Å². The number of ether oxygens (including phenoxy) is 1. The molecular weight excluding hydrogens is 250 g/mol. The third kappa shape index (κ3) is 1.75. The fourth-order valence-corrected chi connectivity index (χ4v) is 3.03. The molecule has 2 aromatic rings. The van der Waals surface area contributed by atoms with E-state index in [0.717, 1.165) is 16.0 Å². The van der Waals surface area contributed by atoms with Gasteiger partial charge in [0, 0.05) is 12.8 Å². The highest BCUT2D eigenvalue weighted by Crippen LogP contribution is 2.43. The molecule has 0 radical (unpaired) electrons. The Hall–Kier alpha value is -1.62. The number of benzene rings is 1. The van der Waals surface area contributed by atoms with E-state index >= 15 is 0 Å². The number of carboxylic acid groups (broad SMARTS) is 1. The van der Waals surface area contributed by atoms with Gasteiger partial charge >= 0.3 is 5.97 Å². The lowest BCUT2D eigenvalue weighted by Crippen LogP contribution is -2.47. The molecule has 0 amide bonds. The molecule has 94 valence electrons. The number of carbonyl (C=O) groups is 1. The van der Waals surface area contributed by atoms with Crippen LogP contribution in [0.3, 0.4) is 0 Å². The molecule has 1 fully saturated rings. The standard InChI is InChI=1S/C13H13NO3S/c1-13(12(15)16)5-8(6-13)17-9-3-2-4-10-11(9)14-7-18-10/h2-4,7-8H,5-6H2,1H3,(H,15,16)/t8-,13-. The van der Waals surface area contributed by atoms with E-state index in [9.17, 15) is 4.79 Å². The Labute approximate surface area is 108 Å². The van der Waals surface area contributed by atoms with Crippen LogP contribution >= 0.6 is 11.3 Å². The molecule has 0 spiro atoms. The molecule has 3 rings (SSSR count). The van der Waals surface area contributed by atoms with Crippen LogP contribution in [0.25, 0.3) is 10.2 Å². The summed E-state index contributed by atoms with van der Waals surface area (Å²) < 4.78 is 6.94. The fourth-order valence-electron chi connectivity index (χ4n) is 2.34. The second kappa shape index (κ2) is 3.95. The van der Waals surface area contributed by atoms with E-state index in [4.69, 9.17) is 9.84 Å². The number of para-hydroxylation sites is 1. The Balaban J connectivity index is 1.75. The summed E-state index contributed by atoms with van der Waals surface area (Å²) in [5, 5.41) is 9.05. The van der Waals surface area contributed by atoms with E-state index in [1.807, 2.05) is 18.2 Å². The van der Waals surface area contributed by atoms with Crippen LogP contribution in [0.5, 0.6) is 5.75 Å². The first kappa shape index (κ1) is 11.5. The van der Waals surface area contributed by atoms with Crippen LogP contribution in [0.15, 0.2) is 23.7 Å². The van der Waals surface area contributed by atoms with Gasteiger partial charge in [0.25, 0.3) is 0 Å². The number of nitrogens with zero attached hydrogens (tertiary/aromatic N) is 1. The summed E-state index contributed by atoms with van der Waals surface area (Å²) in [6, 6.07) is 5.82. The smallest absolute Gasteiger partial charge is 0.309 e. The topological polar surface area (TPSA) is 59.4 Å². The van der Waals surface area contributed by atoms with E-state index in [1.165, 1.54) is 0 Å². The highest BCUT2D eigenvalue weighted by molar-refractivity contribution is 7.16. The second-order valence-corrected chi connectivity index (χ2v) is 5.86. The minimum Gasteiger partial charge on any atom is -0.488 e. The molecule has 0 atom stereocenters. The maximum absolute atomic E-state index is 11.0. The SMILES string of the molecule is C[C@]1(C(=O)O)C[C@H](Oc2cccc3scnc23)C1. The van der Waals surface area contributed by atoms with Crippen LogP contribution in [0, 0.1) is 5.41 Å². The first-order valence-corrected chi connectivity index (χ1v) is 6.69. The summed E-state index contributed by atoms with van der Waals surface area (Å²) in [4.78, 5) is 15.3. The van der Waals surface area contributed by atoms with E-state index in [2.05, 4.69) is 4.98 Å². The van der Waals surface area contributed by atoms with Gasteiger partial charge in [0.05, 0.1) is 15.6 Å². The zero-order valence-electron chi connectivity index (χ0n) is 9.92. The molecule has 1 aromatic heterocycles. The Morgan fingerprint density at radius 3 is 3.06 bits per heavy atom. The van der Waals surface area contributed by atoms with Crippen molar-refractivity contribution < 1.29 is 14.6 Å². The van der Waals surface area contributed by atoms with Crippen molar-refractivity contribution >= 4 is 27.5 Å². The van der Waals surface area contributed by atoms with Crippen molar-refractivity contribution in [3.8, 4) is 5.75 Å². The minimum absolute atomic E-state index is 0.0154.